The maximum absolute atomic E-state index is 12.2. The third kappa shape index (κ3) is 4.43. The molecule has 25 heavy (non-hydrogen) atoms. The molecule has 1 amide bonds. The van der Waals surface area contributed by atoms with Crippen LogP contribution in [0.1, 0.15) is 28.8 Å². The molecule has 0 saturated heterocycles. The van der Waals surface area contributed by atoms with Crippen molar-refractivity contribution in [1.82, 2.24) is 0 Å². The molecule has 0 fully saturated rings. The van der Waals surface area contributed by atoms with E-state index in [0.717, 1.165) is 12.1 Å². The smallest absolute Gasteiger partial charge is 0.291 e. The highest BCUT2D eigenvalue weighted by atomic mass is 35.5. The number of hydrogen-bond acceptors (Lipinski definition) is 3. The average Bonchev–Trinajstić information content (AvgIpc) is 3.11. The summed E-state index contributed by atoms with van der Waals surface area (Å²) in [5, 5.41) is 3.34. The maximum atomic E-state index is 12.2. The van der Waals surface area contributed by atoms with Gasteiger partial charge in [0.25, 0.3) is 5.91 Å². The third-order valence-electron chi connectivity index (χ3n) is 3.71. The average molecular weight is 356 g/mol. The lowest BCUT2D eigenvalue weighted by Crippen LogP contribution is -2.10. The third-order valence-corrected chi connectivity index (χ3v) is 4.02. The highest BCUT2D eigenvalue weighted by molar-refractivity contribution is 6.32. The molecule has 0 spiro atoms. The summed E-state index contributed by atoms with van der Waals surface area (Å²) in [7, 11) is 0. The number of hydrogen-bond donors (Lipinski definition) is 1. The van der Waals surface area contributed by atoms with Gasteiger partial charge in [0.05, 0.1) is 5.02 Å². The van der Waals surface area contributed by atoms with Crippen molar-refractivity contribution in [1.29, 1.82) is 0 Å². The van der Waals surface area contributed by atoms with Gasteiger partial charge in [-0.25, -0.2) is 0 Å². The predicted molar refractivity (Wildman–Crippen MR) is 98.3 cm³/mol. The Morgan fingerprint density at radius 2 is 1.84 bits per heavy atom. The van der Waals surface area contributed by atoms with Crippen LogP contribution in [0.4, 0.5) is 5.69 Å². The van der Waals surface area contributed by atoms with Crippen molar-refractivity contribution in [3.8, 4) is 5.75 Å². The topological polar surface area (TPSA) is 51.5 Å². The molecule has 0 atom stereocenters. The number of halogens is 1. The summed E-state index contributed by atoms with van der Waals surface area (Å²) in [6, 6.07) is 18.3. The summed E-state index contributed by atoms with van der Waals surface area (Å²) >= 11 is 6.04. The first-order valence-corrected chi connectivity index (χ1v) is 8.40. The number of carbonyl (C=O) groups excluding carboxylic acids is 1. The van der Waals surface area contributed by atoms with Crippen molar-refractivity contribution >= 4 is 23.2 Å². The van der Waals surface area contributed by atoms with Gasteiger partial charge in [0.1, 0.15) is 18.1 Å². The molecule has 1 aromatic heterocycles. The molecular formula is C20H18ClNO3. The van der Waals surface area contributed by atoms with E-state index in [9.17, 15) is 4.79 Å². The van der Waals surface area contributed by atoms with E-state index < -0.39 is 0 Å². The van der Waals surface area contributed by atoms with Gasteiger partial charge in [-0.05, 0) is 48.4 Å². The van der Waals surface area contributed by atoms with Crippen LogP contribution in [0, 0.1) is 0 Å². The summed E-state index contributed by atoms with van der Waals surface area (Å²) in [6.07, 6.45) is 0.960. The molecule has 3 aromatic rings. The van der Waals surface area contributed by atoms with E-state index in [1.54, 1.807) is 24.3 Å². The second-order valence-electron chi connectivity index (χ2n) is 5.49. The summed E-state index contributed by atoms with van der Waals surface area (Å²) in [5.41, 5.74) is 1.95. The molecule has 1 N–H and O–H groups in total. The van der Waals surface area contributed by atoms with E-state index in [2.05, 4.69) is 12.2 Å². The lowest BCUT2D eigenvalue weighted by molar-refractivity contribution is 0.0992. The van der Waals surface area contributed by atoms with Crippen LogP contribution in [0.25, 0.3) is 0 Å². The first-order chi connectivity index (χ1) is 12.2. The highest BCUT2D eigenvalue weighted by Gasteiger charge is 2.12. The number of para-hydroxylation sites is 1. The number of anilines is 1. The van der Waals surface area contributed by atoms with Gasteiger partial charge in [-0.2, -0.15) is 0 Å². The number of ether oxygens (including phenoxy) is 1. The van der Waals surface area contributed by atoms with Crippen molar-refractivity contribution in [2.75, 3.05) is 5.32 Å². The summed E-state index contributed by atoms with van der Waals surface area (Å²) in [4.78, 5) is 12.2. The number of benzene rings is 2. The van der Waals surface area contributed by atoms with Crippen molar-refractivity contribution in [3.05, 3.63) is 82.8 Å². The van der Waals surface area contributed by atoms with E-state index in [1.165, 1.54) is 5.56 Å². The monoisotopic (exact) mass is 355 g/mol. The van der Waals surface area contributed by atoms with Gasteiger partial charge in [-0.15, -0.1) is 0 Å². The van der Waals surface area contributed by atoms with Crippen molar-refractivity contribution in [2.45, 2.75) is 20.0 Å². The number of aryl methyl sites for hydroxylation is 1. The van der Waals surface area contributed by atoms with Gasteiger partial charge < -0.3 is 14.5 Å². The Labute approximate surface area is 151 Å². The van der Waals surface area contributed by atoms with E-state index in [4.69, 9.17) is 20.8 Å². The highest BCUT2D eigenvalue weighted by Crippen LogP contribution is 2.24. The van der Waals surface area contributed by atoms with Crippen LogP contribution in [0.3, 0.4) is 0 Å². The molecule has 3 rings (SSSR count). The molecule has 0 bridgehead atoms. The fraction of sp³-hybridized carbons (Fsp3) is 0.150. The van der Waals surface area contributed by atoms with Gasteiger partial charge in [0, 0.05) is 5.69 Å². The SMILES string of the molecule is CCc1ccc(NC(=O)c2ccc(COc3ccccc3Cl)o2)cc1. The van der Waals surface area contributed by atoms with E-state index >= 15 is 0 Å². The van der Waals surface area contributed by atoms with Gasteiger partial charge in [-0.1, -0.05) is 42.8 Å². The van der Waals surface area contributed by atoms with Crippen molar-refractivity contribution in [3.63, 3.8) is 0 Å². The van der Waals surface area contributed by atoms with E-state index in [1.807, 2.05) is 36.4 Å². The molecule has 0 unspecified atom stereocenters. The van der Waals surface area contributed by atoms with E-state index in [0.29, 0.717) is 16.5 Å². The standard InChI is InChI=1S/C20H18ClNO3/c1-2-14-7-9-15(10-8-14)22-20(23)19-12-11-16(25-19)13-24-18-6-4-3-5-17(18)21/h3-12H,2,13H2,1H3,(H,22,23). The van der Waals surface area contributed by atoms with Crippen LogP contribution in [0.2, 0.25) is 5.02 Å². The van der Waals surface area contributed by atoms with Crippen LogP contribution in [0.5, 0.6) is 5.75 Å². The van der Waals surface area contributed by atoms with Crippen LogP contribution in [-0.4, -0.2) is 5.91 Å². The summed E-state index contributed by atoms with van der Waals surface area (Å²) in [6.45, 7) is 2.28. The zero-order valence-electron chi connectivity index (χ0n) is 13.8. The zero-order valence-corrected chi connectivity index (χ0v) is 14.5. The molecule has 0 aliphatic heterocycles. The molecular weight excluding hydrogens is 338 g/mol. The minimum Gasteiger partial charge on any atom is -0.484 e. The van der Waals surface area contributed by atoms with E-state index in [-0.39, 0.29) is 18.3 Å². The molecule has 5 heteroatoms. The Morgan fingerprint density at radius 1 is 1.08 bits per heavy atom. The summed E-state index contributed by atoms with van der Waals surface area (Å²) < 4.78 is 11.1. The molecule has 2 aromatic carbocycles. The normalized spacial score (nSPS) is 10.5. The largest absolute Gasteiger partial charge is 0.484 e. The minimum atomic E-state index is -0.298. The molecule has 0 aliphatic rings. The Kier molecular flexibility index (Phi) is 5.41. The first kappa shape index (κ1) is 17.1. The lowest BCUT2D eigenvalue weighted by atomic mass is 10.1. The lowest BCUT2D eigenvalue weighted by Gasteiger charge is -2.06. The Hall–Kier alpha value is -2.72. The summed E-state index contributed by atoms with van der Waals surface area (Å²) in [5.74, 6) is 1.06. The molecule has 128 valence electrons. The van der Waals surface area contributed by atoms with Crippen LogP contribution >= 0.6 is 11.6 Å². The second kappa shape index (κ2) is 7.90. The molecule has 0 saturated carbocycles. The molecule has 0 radical (unpaired) electrons. The van der Waals surface area contributed by atoms with Gasteiger partial charge in [0.15, 0.2) is 5.76 Å². The molecule has 0 aliphatic carbocycles. The van der Waals surface area contributed by atoms with Crippen LogP contribution in [-0.2, 0) is 13.0 Å². The fourth-order valence-corrected chi connectivity index (χ4v) is 2.49. The van der Waals surface area contributed by atoms with Gasteiger partial charge in [-0.3, -0.25) is 4.79 Å². The first-order valence-electron chi connectivity index (χ1n) is 8.02. The van der Waals surface area contributed by atoms with Crippen LogP contribution < -0.4 is 10.1 Å². The second-order valence-corrected chi connectivity index (χ2v) is 5.90. The Morgan fingerprint density at radius 3 is 2.56 bits per heavy atom. The zero-order chi connectivity index (χ0) is 17.6. The maximum Gasteiger partial charge on any atom is 0.291 e. The molecule has 1 heterocycles. The fourth-order valence-electron chi connectivity index (χ4n) is 2.30. The van der Waals surface area contributed by atoms with Gasteiger partial charge in [0.2, 0.25) is 0 Å². The minimum absolute atomic E-state index is 0.197. The predicted octanol–water partition coefficient (Wildman–Crippen LogP) is 5.33. The number of rotatable bonds is 6. The van der Waals surface area contributed by atoms with Crippen molar-refractivity contribution in [2.24, 2.45) is 0 Å². The number of carbonyl (C=O) groups is 1. The number of nitrogens with one attached hydrogen (secondary N) is 1. The Bertz CT molecular complexity index is 855. The molecule has 4 nitrogen and oxygen atoms in total. The van der Waals surface area contributed by atoms with Crippen LogP contribution in [0.15, 0.2) is 65.1 Å². The number of furan rings is 1. The van der Waals surface area contributed by atoms with Crippen molar-refractivity contribution < 1.29 is 13.9 Å². The Balaban J connectivity index is 1.60. The quantitative estimate of drug-likeness (QED) is 0.650. The van der Waals surface area contributed by atoms with Gasteiger partial charge >= 0.3 is 0 Å². The number of amides is 1.